The molecule has 0 radical (unpaired) electrons. The van der Waals surface area contributed by atoms with Crippen LogP contribution in [0.4, 0.5) is 20.7 Å². The minimum absolute atomic E-state index is 0.0569. The third kappa shape index (κ3) is 7.11. The van der Waals surface area contributed by atoms with Gasteiger partial charge in [-0.25, -0.2) is 4.79 Å². The van der Waals surface area contributed by atoms with E-state index in [4.69, 9.17) is 21.4 Å². The lowest BCUT2D eigenvalue weighted by Crippen LogP contribution is -2.52. The summed E-state index contributed by atoms with van der Waals surface area (Å²) in [6.45, 7) is -0.596. The first kappa shape index (κ1) is 26.3. The summed E-state index contributed by atoms with van der Waals surface area (Å²) >= 11 is 6.82. The third-order valence-corrected chi connectivity index (χ3v) is 5.98. The average molecular weight is 529 g/mol. The maximum atomic E-state index is 15.0. The van der Waals surface area contributed by atoms with Crippen molar-refractivity contribution in [3.05, 3.63) is 45.6 Å². The Morgan fingerprint density at radius 2 is 2.00 bits per heavy atom. The molecular weight excluding hydrogens is 507 g/mol. The number of benzene rings is 1. The number of carbonyl (C=O) groups is 4. The molecule has 188 valence electrons. The van der Waals surface area contributed by atoms with Crippen LogP contribution in [0.1, 0.15) is 9.67 Å². The SMILES string of the molecule is O=C(N[C@H](CNC(=O)c1ccc(Cl)s1)C(=O)N(F)c1ccc(N2CCOCC2=O)cc1)OCCO. The van der Waals surface area contributed by atoms with Crippen molar-refractivity contribution in [2.75, 3.05) is 49.5 Å². The topological polar surface area (TPSA) is 138 Å². The van der Waals surface area contributed by atoms with Gasteiger partial charge in [-0.2, -0.15) is 0 Å². The van der Waals surface area contributed by atoms with Gasteiger partial charge in [-0.15, -0.1) is 16.5 Å². The number of thiophene rings is 1. The summed E-state index contributed by atoms with van der Waals surface area (Å²) in [5, 5.41) is 13.2. The van der Waals surface area contributed by atoms with Crippen LogP contribution < -0.4 is 20.7 Å². The smallest absolute Gasteiger partial charge is 0.407 e. The van der Waals surface area contributed by atoms with Crippen LogP contribution >= 0.6 is 22.9 Å². The van der Waals surface area contributed by atoms with Gasteiger partial charge in [0.2, 0.25) is 0 Å². The van der Waals surface area contributed by atoms with E-state index < -0.39 is 37.1 Å². The largest absolute Gasteiger partial charge is 0.447 e. The summed E-state index contributed by atoms with van der Waals surface area (Å²) in [5.41, 5.74) is 0.346. The fraction of sp³-hybridized carbons (Fsp3) is 0.333. The highest BCUT2D eigenvalue weighted by atomic mass is 35.5. The molecule has 2 aromatic rings. The second kappa shape index (κ2) is 12.4. The maximum absolute atomic E-state index is 15.0. The van der Waals surface area contributed by atoms with Crippen LogP contribution in [0.25, 0.3) is 0 Å². The van der Waals surface area contributed by atoms with Gasteiger partial charge in [-0.3, -0.25) is 14.4 Å². The first-order valence-electron chi connectivity index (χ1n) is 10.4. The molecule has 1 atom stereocenters. The molecular formula is C21H22ClFN4O7S. The molecule has 0 spiro atoms. The number of amides is 4. The lowest BCUT2D eigenvalue weighted by atomic mass is 10.2. The number of halogens is 2. The molecule has 1 saturated heterocycles. The molecule has 1 aromatic carbocycles. The van der Waals surface area contributed by atoms with Gasteiger partial charge in [0.05, 0.1) is 28.1 Å². The molecule has 0 unspecified atom stereocenters. The van der Waals surface area contributed by atoms with Crippen molar-refractivity contribution in [1.82, 2.24) is 10.6 Å². The molecule has 3 rings (SSSR count). The van der Waals surface area contributed by atoms with E-state index in [1.807, 2.05) is 0 Å². The molecule has 0 aliphatic carbocycles. The lowest BCUT2D eigenvalue weighted by molar-refractivity contribution is -0.125. The minimum Gasteiger partial charge on any atom is -0.447 e. The van der Waals surface area contributed by atoms with E-state index in [0.29, 0.717) is 23.2 Å². The Morgan fingerprint density at radius 3 is 2.63 bits per heavy atom. The Labute approximate surface area is 208 Å². The lowest BCUT2D eigenvalue weighted by Gasteiger charge is -2.27. The molecule has 1 aliphatic heterocycles. The maximum Gasteiger partial charge on any atom is 0.407 e. The number of carbonyl (C=O) groups excluding carboxylic acids is 4. The van der Waals surface area contributed by atoms with Crippen molar-refractivity contribution in [3.63, 3.8) is 0 Å². The predicted molar refractivity (Wildman–Crippen MR) is 125 cm³/mol. The summed E-state index contributed by atoms with van der Waals surface area (Å²) in [6.07, 6.45) is -1.08. The second-order valence-electron chi connectivity index (χ2n) is 7.10. The quantitative estimate of drug-likeness (QED) is 0.419. The number of nitrogens with zero attached hydrogens (tertiary/aromatic N) is 2. The Kier molecular flexibility index (Phi) is 9.37. The molecule has 0 bridgehead atoms. The highest BCUT2D eigenvalue weighted by Crippen LogP contribution is 2.23. The van der Waals surface area contributed by atoms with Gasteiger partial charge < -0.3 is 30.1 Å². The summed E-state index contributed by atoms with van der Waals surface area (Å²) < 4.78 is 25.1. The van der Waals surface area contributed by atoms with Crippen molar-refractivity contribution >= 4 is 58.1 Å². The molecule has 1 aliphatic rings. The standard InChI is InChI=1S/C21H22ClFN4O7S/c22-17-6-5-16(35-17)19(30)24-11-15(25-21(32)34-10-8-28)20(31)27(23)14-3-1-13(2-4-14)26-7-9-33-12-18(26)29/h1-6,15,28H,7-12H2,(H,24,30)(H,25,32)/t15-/m1/s1. The van der Waals surface area contributed by atoms with Gasteiger partial charge >= 0.3 is 6.09 Å². The average Bonchev–Trinajstić information content (AvgIpc) is 3.31. The highest BCUT2D eigenvalue weighted by Gasteiger charge is 2.29. The van der Waals surface area contributed by atoms with Gasteiger partial charge in [0.25, 0.3) is 17.7 Å². The van der Waals surface area contributed by atoms with Crippen LogP contribution in [0.5, 0.6) is 0 Å². The van der Waals surface area contributed by atoms with Crippen LogP contribution in [0.3, 0.4) is 0 Å². The van der Waals surface area contributed by atoms with E-state index in [1.165, 1.54) is 41.3 Å². The summed E-state index contributed by atoms with van der Waals surface area (Å²) in [6, 6.07) is 6.99. The molecule has 3 N–H and O–H groups in total. The zero-order chi connectivity index (χ0) is 25.4. The number of alkyl carbamates (subject to hydrolysis) is 1. The van der Waals surface area contributed by atoms with Crippen molar-refractivity contribution in [2.45, 2.75) is 6.04 Å². The Balaban J connectivity index is 1.70. The number of morpholine rings is 1. The number of aliphatic hydroxyl groups excluding tert-OH is 1. The van der Waals surface area contributed by atoms with Gasteiger partial charge in [-0.1, -0.05) is 16.1 Å². The van der Waals surface area contributed by atoms with Crippen molar-refractivity contribution in [1.29, 1.82) is 0 Å². The molecule has 4 amide bonds. The molecule has 1 fully saturated rings. The molecule has 35 heavy (non-hydrogen) atoms. The molecule has 0 saturated carbocycles. The Bertz CT molecular complexity index is 1070. The Hall–Kier alpha value is -3.26. The monoisotopic (exact) mass is 528 g/mol. The number of hydrogen-bond acceptors (Lipinski definition) is 8. The predicted octanol–water partition coefficient (Wildman–Crippen LogP) is 1.50. The van der Waals surface area contributed by atoms with Crippen molar-refractivity contribution < 1.29 is 38.2 Å². The first-order valence-corrected chi connectivity index (χ1v) is 11.5. The fourth-order valence-electron chi connectivity index (χ4n) is 3.06. The van der Waals surface area contributed by atoms with Crippen LogP contribution in [0.2, 0.25) is 4.34 Å². The number of hydrogen-bond donors (Lipinski definition) is 3. The number of anilines is 2. The van der Waals surface area contributed by atoms with E-state index in [2.05, 4.69) is 15.4 Å². The van der Waals surface area contributed by atoms with Crippen molar-refractivity contribution in [3.8, 4) is 0 Å². The molecule has 11 nitrogen and oxygen atoms in total. The van der Waals surface area contributed by atoms with E-state index in [1.54, 1.807) is 0 Å². The summed E-state index contributed by atoms with van der Waals surface area (Å²) in [4.78, 5) is 50.8. The molecule has 2 heterocycles. The van der Waals surface area contributed by atoms with E-state index in [9.17, 15) is 19.2 Å². The van der Waals surface area contributed by atoms with Gasteiger partial charge in [-0.05, 0) is 36.4 Å². The zero-order valence-electron chi connectivity index (χ0n) is 18.2. The van der Waals surface area contributed by atoms with Crippen molar-refractivity contribution in [2.24, 2.45) is 0 Å². The third-order valence-electron chi connectivity index (χ3n) is 4.75. The van der Waals surface area contributed by atoms with Gasteiger partial charge in [0, 0.05) is 18.8 Å². The second-order valence-corrected chi connectivity index (χ2v) is 8.82. The van der Waals surface area contributed by atoms with Crippen LogP contribution in [-0.2, 0) is 19.1 Å². The summed E-state index contributed by atoms with van der Waals surface area (Å²) in [5.74, 6) is -2.01. The van der Waals surface area contributed by atoms with Gasteiger partial charge in [0.15, 0.2) is 0 Å². The molecule has 14 heteroatoms. The van der Waals surface area contributed by atoms with E-state index in [-0.39, 0.29) is 34.8 Å². The van der Waals surface area contributed by atoms with E-state index >= 15 is 4.48 Å². The van der Waals surface area contributed by atoms with Gasteiger partial charge in [0.1, 0.15) is 19.3 Å². The normalized spacial score (nSPS) is 14.3. The first-order chi connectivity index (χ1) is 16.8. The summed E-state index contributed by atoms with van der Waals surface area (Å²) in [7, 11) is 0. The fourth-order valence-corrected chi connectivity index (χ4v) is 4.02. The van der Waals surface area contributed by atoms with Crippen LogP contribution in [0.15, 0.2) is 36.4 Å². The number of aliphatic hydroxyl groups is 1. The number of rotatable bonds is 9. The van der Waals surface area contributed by atoms with Crippen LogP contribution in [-0.4, -0.2) is 74.5 Å². The van der Waals surface area contributed by atoms with Crippen LogP contribution in [0, 0.1) is 0 Å². The minimum atomic E-state index is -1.54. The number of ether oxygens (including phenoxy) is 2. The highest BCUT2D eigenvalue weighted by molar-refractivity contribution is 7.18. The zero-order valence-corrected chi connectivity index (χ0v) is 19.8. The molecule has 1 aromatic heterocycles. The van der Waals surface area contributed by atoms with E-state index in [0.717, 1.165) is 11.3 Å². The Morgan fingerprint density at radius 1 is 1.26 bits per heavy atom. The number of nitrogens with one attached hydrogen (secondary N) is 2.